The minimum atomic E-state index is -3.50. The number of benzene rings is 1. The first-order valence-corrected chi connectivity index (χ1v) is 10.6. The smallest absolute Gasteiger partial charge is 0.240 e. The van der Waals surface area contributed by atoms with Crippen molar-refractivity contribution < 1.29 is 17.9 Å². The van der Waals surface area contributed by atoms with E-state index in [-0.39, 0.29) is 12.1 Å². The highest BCUT2D eigenvalue weighted by Crippen LogP contribution is 2.24. The number of aromatic nitrogens is 2. The number of ether oxygens (including phenoxy) is 2. The van der Waals surface area contributed by atoms with Crippen LogP contribution in [0.15, 0.2) is 41.6 Å². The molecule has 0 bridgehead atoms. The van der Waals surface area contributed by atoms with Crippen molar-refractivity contribution in [3.05, 3.63) is 42.2 Å². The SMILES string of the molecule is CCc1ccc(S(=O)(=O)NC2CCC(Oc3cncc(OC)n3)CC2)cc1. The van der Waals surface area contributed by atoms with Crippen LogP contribution in [0.25, 0.3) is 0 Å². The zero-order chi connectivity index (χ0) is 19.3. The lowest BCUT2D eigenvalue weighted by Crippen LogP contribution is -2.39. The Morgan fingerprint density at radius 2 is 1.74 bits per heavy atom. The summed E-state index contributed by atoms with van der Waals surface area (Å²) in [5.41, 5.74) is 1.12. The van der Waals surface area contributed by atoms with Gasteiger partial charge >= 0.3 is 0 Å². The second-order valence-electron chi connectivity index (χ2n) is 6.61. The molecule has 0 atom stereocenters. The van der Waals surface area contributed by atoms with Gasteiger partial charge in [0.2, 0.25) is 21.8 Å². The van der Waals surface area contributed by atoms with Crippen LogP contribution in [0.1, 0.15) is 38.2 Å². The van der Waals surface area contributed by atoms with Gasteiger partial charge in [0.1, 0.15) is 6.10 Å². The van der Waals surface area contributed by atoms with Crippen LogP contribution < -0.4 is 14.2 Å². The first kappa shape index (κ1) is 19.6. The summed E-state index contributed by atoms with van der Waals surface area (Å²) in [6.45, 7) is 2.04. The molecule has 1 N–H and O–H groups in total. The summed E-state index contributed by atoms with van der Waals surface area (Å²) in [6, 6.07) is 6.95. The Morgan fingerprint density at radius 1 is 1.07 bits per heavy atom. The van der Waals surface area contributed by atoms with Gasteiger partial charge in [-0.15, -0.1) is 0 Å². The number of methoxy groups -OCH3 is 1. The molecule has 3 rings (SSSR count). The molecule has 1 aromatic carbocycles. The molecular formula is C19H25N3O4S. The van der Waals surface area contributed by atoms with E-state index in [0.29, 0.717) is 29.5 Å². The molecule has 1 aromatic heterocycles. The fraction of sp³-hybridized carbons (Fsp3) is 0.474. The van der Waals surface area contributed by atoms with Crippen molar-refractivity contribution in [1.29, 1.82) is 0 Å². The number of rotatable bonds is 7. The molecular weight excluding hydrogens is 366 g/mol. The van der Waals surface area contributed by atoms with E-state index in [1.54, 1.807) is 18.3 Å². The third-order valence-corrected chi connectivity index (χ3v) is 6.26. The lowest BCUT2D eigenvalue weighted by atomic mass is 9.94. The number of hydrogen-bond acceptors (Lipinski definition) is 6. The van der Waals surface area contributed by atoms with Gasteiger partial charge in [-0.1, -0.05) is 19.1 Å². The average Bonchev–Trinajstić information content (AvgIpc) is 2.69. The van der Waals surface area contributed by atoms with Gasteiger partial charge in [0.25, 0.3) is 0 Å². The van der Waals surface area contributed by atoms with E-state index >= 15 is 0 Å². The molecule has 0 spiro atoms. The monoisotopic (exact) mass is 391 g/mol. The van der Waals surface area contributed by atoms with Crippen molar-refractivity contribution in [1.82, 2.24) is 14.7 Å². The Hall–Kier alpha value is -2.19. The quantitative estimate of drug-likeness (QED) is 0.780. The highest BCUT2D eigenvalue weighted by molar-refractivity contribution is 7.89. The molecule has 0 aliphatic heterocycles. The summed E-state index contributed by atoms with van der Waals surface area (Å²) >= 11 is 0. The Labute approximate surface area is 160 Å². The van der Waals surface area contributed by atoms with Gasteiger partial charge in [0.15, 0.2) is 0 Å². The van der Waals surface area contributed by atoms with Crippen molar-refractivity contribution >= 4 is 10.0 Å². The maximum atomic E-state index is 12.6. The van der Waals surface area contributed by atoms with Crippen molar-refractivity contribution in [3.63, 3.8) is 0 Å². The Bertz CT molecular complexity index is 848. The third-order valence-electron chi connectivity index (χ3n) is 4.72. The molecule has 0 unspecified atom stereocenters. The Morgan fingerprint density at radius 3 is 2.37 bits per heavy atom. The molecule has 1 fully saturated rings. The molecule has 1 aliphatic rings. The summed E-state index contributed by atoms with van der Waals surface area (Å²) in [7, 11) is -1.97. The van der Waals surface area contributed by atoms with E-state index in [0.717, 1.165) is 24.8 Å². The minimum Gasteiger partial charge on any atom is -0.480 e. The second-order valence-corrected chi connectivity index (χ2v) is 8.32. The zero-order valence-corrected chi connectivity index (χ0v) is 16.4. The van der Waals surface area contributed by atoms with E-state index in [9.17, 15) is 8.42 Å². The molecule has 2 aromatic rings. The molecule has 1 aliphatic carbocycles. The molecule has 8 heteroatoms. The van der Waals surface area contributed by atoms with Gasteiger partial charge in [0.05, 0.1) is 24.4 Å². The maximum Gasteiger partial charge on any atom is 0.240 e. The zero-order valence-electron chi connectivity index (χ0n) is 15.6. The fourth-order valence-electron chi connectivity index (χ4n) is 3.15. The van der Waals surface area contributed by atoms with Gasteiger partial charge in [0, 0.05) is 6.04 Å². The van der Waals surface area contributed by atoms with Gasteiger partial charge in [-0.05, 0) is 49.8 Å². The van der Waals surface area contributed by atoms with Gasteiger partial charge in [-0.25, -0.2) is 13.1 Å². The predicted octanol–water partition coefficient (Wildman–Crippen LogP) is 2.72. The second kappa shape index (κ2) is 8.67. The fourth-order valence-corrected chi connectivity index (χ4v) is 4.45. The van der Waals surface area contributed by atoms with Crippen LogP contribution in [-0.2, 0) is 16.4 Å². The van der Waals surface area contributed by atoms with Crippen LogP contribution in [0.5, 0.6) is 11.8 Å². The molecule has 1 heterocycles. The number of aryl methyl sites for hydroxylation is 1. The first-order chi connectivity index (χ1) is 13.0. The topological polar surface area (TPSA) is 90.4 Å². The molecule has 0 saturated heterocycles. The molecule has 1 saturated carbocycles. The van der Waals surface area contributed by atoms with E-state index < -0.39 is 10.0 Å². The van der Waals surface area contributed by atoms with E-state index in [1.807, 2.05) is 19.1 Å². The van der Waals surface area contributed by atoms with Gasteiger partial charge < -0.3 is 9.47 Å². The lowest BCUT2D eigenvalue weighted by Gasteiger charge is -2.29. The average molecular weight is 391 g/mol. The minimum absolute atomic E-state index is 0.00371. The normalized spacial score (nSPS) is 20.2. The standard InChI is InChI=1S/C19H25N3O4S/c1-3-14-4-10-17(11-5-14)27(23,24)22-15-6-8-16(9-7-15)26-19-13-20-12-18(21-19)25-2/h4-5,10-13,15-16,22H,3,6-9H2,1-2H3. The summed E-state index contributed by atoms with van der Waals surface area (Å²) in [4.78, 5) is 8.54. The van der Waals surface area contributed by atoms with Crippen LogP contribution in [-0.4, -0.2) is 37.6 Å². The van der Waals surface area contributed by atoms with Crippen molar-refractivity contribution in [2.45, 2.75) is 56.1 Å². The van der Waals surface area contributed by atoms with Crippen molar-refractivity contribution in [2.75, 3.05) is 7.11 Å². The van der Waals surface area contributed by atoms with Gasteiger partial charge in [-0.3, -0.25) is 4.98 Å². The summed E-state index contributed by atoms with van der Waals surface area (Å²) in [6.07, 6.45) is 6.89. The Kier molecular flexibility index (Phi) is 6.28. The largest absolute Gasteiger partial charge is 0.480 e. The third kappa shape index (κ3) is 5.17. The van der Waals surface area contributed by atoms with Crippen LogP contribution in [0, 0.1) is 0 Å². The van der Waals surface area contributed by atoms with Crippen LogP contribution in [0.2, 0.25) is 0 Å². The lowest BCUT2D eigenvalue weighted by molar-refractivity contribution is 0.136. The highest BCUT2D eigenvalue weighted by Gasteiger charge is 2.27. The highest BCUT2D eigenvalue weighted by atomic mass is 32.2. The predicted molar refractivity (Wildman–Crippen MR) is 101 cm³/mol. The molecule has 0 radical (unpaired) electrons. The number of nitrogens with zero attached hydrogens (tertiary/aromatic N) is 2. The molecule has 7 nitrogen and oxygen atoms in total. The number of sulfonamides is 1. The van der Waals surface area contributed by atoms with Crippen molar-refractivity contribution in [3.8, 4) is 11.8 Å². The molecule has 0 amide bonds. The van der Waals surface area contributed by atoms with Crippen LogP contribution in [0.4, 0.5) is 0 Å². The van der Waals surface area contributed by atoms with E-state index in [1.165, 1.54) is 13.3 Å². The first-order valence-electron chi connectivity index (χ1n) is 9.14. The van der Waals surface area contributed by atoms with E-state index in [2.05, 4.69) is 14.7 Å². The summed E-state index contributed by atoms with van der Waals surface area (Å²) in [5.74, 6) is 0.831. The maximum absolute atomic E-state index is 12.6. The van der Waals surface area contributed by atoms with E-state index in [4.69, 9.17) is 9.47 Å². The summed E-state index contributed by atoms with van der Waals surface area (Å²) in [5, 5.41) is 0. The van der Waals surface area contributed by atoms with Crippen LogP contribution in [0.3, 0.4) is 0 Å². The Balaban J connectivity index is 1.53. The van der Waals surface area contributed by atoms with Gasteiger partial charge in [-0.2, -0.15) is 4.98 Å². The number of hydrogen-bond donors (Lipinski definition) is 1. The van der Waals surface area contributed by atoms with Crippen LogP contribution >= 0.6 is 0 Å². The molecule has 27 heavy (non-hydrogen) atoms. The number of nitrogens with one attached hydrogen (secondary N) is 1. The van der Waals surface area contributed by atoms with Crippen molar-refractivity contribution in [2.24, 2.45) is 0 Å². The summed E-state index contributed by atoms with van der Waals surface area (Å²) < 4.78 is 38.9. The molecule has 146 valence electrons.